The van der Waals surface area contributed by atoms with Gasteiger partial charge >= 0.3 is 12.0 Å². The molecule has 0 aliphatic carbocycles. The number of hydrogen-bond acceptors (Lipinski definition) is 5. The number of carbonyl (C=O) groups excluding carboxylic acids is 3. The van der Waals surface area contributed by atoms with Crippen LogP contribution in [0.5, 0.6) is 5.75 Å². The Morgan fingerprint density at radius 2 is 2.05 bits per heavy atom. The van der Waals surface area contributed by atoms with Crippen molar-refractivity contribution < 1.29 is 23.9 Å². The van der Waals surface area contributed by atoms with Gasteiger partial charge in [-0.1, -0.05) is 12.1 Å². The molecule has 7 heteroatoms. The standard InChI is InChI=1S/C14H18N2O5/c1-9-4-3-5-11(8-9)20-7-6-12(17)21-10(2)13(18)16-14(15)19/h3-5,8,10H,6-7H2,1-2H3,(H3,15,16,18,19). The highest BCUT2D eigenvalue weighted by molar-refractivity contribution is 5.96. The maximum atomic E-state index is 11.5. The van der Waals surface area contributed by atoms with Gasteiger partial charge in [-0.05, 0) is 31.5 Å². The Hall–Kier alpha value is -2.57. The zero-order valence-electron chi connectivity index (χ0n) is 11.9. The fourth-order valence-electron chi connectivity index (χ4n) is 1.49. The van der Waals surface area contributed by atoms with Gasteiger partial charge in [0.15, 0.2) is 6.10 Å². The predicted octanol–water partition coefficient (Wildman–Crippen LogP) is 0.891. The van der Waals surface area contributed by atoms with Crippen LogP contribution >= 0.6 is 0 Å². The van der Waals surface area contributed by atoms with Gasteiger partial charge in [-0.3, -0.25) is 14.9 Å². The van der Waals surface area contributed by atoms with E-state index in [2.05, 4.69) is 0 Å². The average Bonchev–Trinajstić information content (AvgIpc) is 2.37. The molecule has 0 saturated heterocycles. The van der Waals surface area contributed by atoms with Crippen molar-refractivity contribution in [2.24, 2.45) is 5.73 Å². The first kappa shape index (κ1) is 16.5. The summed E-state index contributed by atoms with van der Waals surface area (Å²) < 4.78 is 10.2. The molecule has 7 nitrogen and oxygen atoms in total. The number of amides is 3. The highest BCUT2D eigenvalue weighted by Crippen LogP contribution is 2.12. The number of esters is 1. The van der Waals surface area contributed by atoms with Crippen molar-refractivity contribution in [3.05, 3.63) is 29.8 Å². The minimum Gasteiger partial charge on any atom is -0.493 e. The summed E-state index contributed by atoms with van der Waals surface area (Å²) in [6, 6.07) is 6.40. The Labute approximate surface area is 122 Å². The maximum absolute atomic E-state index is 11.5. The van der Waals surface area contributed by atoms with Crippen LogP contribution in [0.1, 0.15) is 18.9 Å². The average molecular weight is 294 g/mol. The molecule has 3 N–H and O–H groups in total. The number of nitrogens with two attached hydrogens (primary N) is 1. The largest absolute Gasteiger partial charge is 0.493 e. The van der Waals surface area contributed by atoms with E-state index >= 15 is 0 Å². The number of urea groups is 1. The van der Waals surface area contributed by atoms with Crippen molar-refractivity contribution in [3.8, 4) is 5.75 Å². The summed E-state index contributed by atoms with van der Waals surface area (Å²) in [6.45, 7) is 3.41. The van der Waals surface area contributed by atoms with E-state index in [1.165, 1.54) is 6.92 Å². The molecule has 0 aromatic heterocycles. The molecule has 0 aliphatic rings. The van der Waals surface area contributed by atoms with Gasteiger partial charge in [0, 0.05) is 0 Å². The van der Waals surface area contributed by atoms with Crippen LogP contribution in [0.2, 0.25) is 0 Å². The highest BCUT2D eigenvalue weighted by atomic mass is 16.5. The van der Waals surface area contributed by atoms with E-state index in [1.807, 2.05) is 30.4 Å². The molecule has 0 fully saturated rings. The monoisotopic (exact) mass is 294 g/mol. The Morgan fingerprint density at radius 1 is 1.33 bits per heavy atom. The maximum Gasteiger partial charge on any atom is 0.318 e. The minimum absolute atomic E-state index is 0.0118. The van der Waals surface area contributed by atoms with Gasteiger partial charge in [0.1, 0.15) is 5.75 Å². The van der Waals surface area contributed by atoms with Gasteiger partial charge < -0.3 is 15.2 Å². The molecule has 1 aromatic carbocycles. The van der Waals surface area contributed by atoms with Crippen molar-refractivity contribution in [3.63, 3.8) is 0 Å². The third kappa shape index (κ3) is 6.42. The lowest BCUT2D eigenvalue weighted by Crippen LogP contribution is -2.42. The lowest BCUT2D eigenvalue weighted by molar-refractivity contribution is -0.154. The molecule has 0 saturated carbocycles. The smallest absolute Gasteiger partial charge is 0.318 e. The number of carbonyl (C=O) groups is 3. The van der Waals surface area contributed by atoms with Crippen molar-refractivity contribution in [2.75, 3.05) is 6.61 Å². The molecule has 0 heterocycles. The summed E-state index contributed by atoms with van der Waals surface area (Å²) in [4.78, 5) is 33.3. The van der Waals surface area contributed by atoms with Gasteiger partial charge in [-0.2, -0.15) is 0 Å². The van der Waals surface area contributed by atoms with Gasteiger partial charge in [-0.15, -0.1) is 0 Å². The zero-order chi connectivity index (χ0) is 15.8. The topological polar surface area (TPSA) is 108 Å². The fourth-order valence-corrected chi connectivity index (χ4v) is 1.49. The highest BCUT2D eigenvalue weighted by Gasteiger charge is 2.18. The van der Waals surface area contributed by atoms with E-state index in [-0.39, 0.29) is 13.0 Å². The van der Waals surface area contributed by atoms with Crippen molar-refractivity contribution in [1.82, 2.24) is 5.32 Å². The molecule has 114 valence electrons. The molecule has 0 spiro atoms. The van der Waals surface area contributed by atoms with Crippen LogP contribution in [0.4, 0.5) is 4.79 Å². The van der Waals surface area contributed by atoms with Crippen LogP contribution < -0.4 is 15.8 Å². The number of imide groups is 1. The lowest BCUT2D eigenvalue weighted by Gasteiger charge is -2.12. The van der Waals surface area contributed by atoms with Crippen LogP contribution in [0.15, 0.2) is 24.3 Å². The quantitative estimate of drug-likeness (QED) is 0.757. The summed E-state index contributed by atoms with van der Waals surface area (Å²) in [6.07, 6.45) is -1.11. The van der Waals surface area contributed by atoms with Crippen LogP contribution in [-0.4, -0.2) is 30.6 Å². The van der Waals surface area contributed by atoms with Crippen LogP contribution in [0.25, 0.3) is 0 Å². The van der Waals surface area contributed by atoms with Crippen LogP contribution in [-0.2, 0) is 14.3 Å². The molecular formula is C14H18N2O5. The van der Waals surface area contributed by atoms with E-state index in [0.717, 1.165) is 5.56 Å². The second-order valence-electron chi connectivity index (χ2n) is 4.40. The summed E-state index contributed by atoms with van der Waals surface area (Å²) >= 11 is 0. The normalized spacial score (nSPS) is 11.3. The van der Waals surface area contributed by atoms with Gasteiger partial charge in [0.2, 0.25) is 0 Å². The van der Waals surface area contributed by atoms with Gasteiger partial charge in [0.05, 0.1) is 13.0 Å². The first-order chi connectivity index (χ1) is 9.88. The molecule has 1 rings (SSSR count). The number of benzene rings is 1. The fraction of sp³-hybridized carbons (Fsp3) is 0.357. The van der Waals surface area contributed by atoms with Crippen molar-refractivity contribution >= 4 is 17.9 Å². The Morgan fingerprint density at radius 3 is 2.67 bits per heavy atom. The van der Waals surface area contributed by atoms with Crippen LogP contribution in [0, 0.1) is 6.92 Å². The van der Waals surface area contributed by atoms with E-state index in [4.69, 9.17) is 15.2 Å². The molecule has 3 amide bonds. The second kappa shape index (κ2) is 7.88. The molecule has 1 atom stereocenters. The third-order valence-electron chi connectivity index (χ3n) is 2.49. The Kier molecular flexibility index (Phi) is 6.19. The van der Waals surface area contributed by atoms with Gasteiger partial charge in [-0.25, -0.2) is 4.79 Å². The lowest BCUT2D eigenvalue weighted by atomic mass is 10.2. The summed E-state index contributed by atoms with van der Waals surface area (Å²) in [5, 5.41) is 1.83. The third-order valence-corrected chi connectivity index (χ3v) is 2.49. The van der Waals surface area contributed by atoms with Crippen molar-refractivity contribution in [2.45, 2.75) is 26.4 Å². The number of nitrogens with one attached hydrogen (secondary N) is 1. The SMILES string of the molecule is Cc1cccc(OCCC(=O)OC(C)C(=O)NC(N)=O)c1. The predicted molar refractivity (Wildman–Crippen MR) is 74.6 cm³/mol. The molecule has 1 unspecified atom stereocenters. The van der Waals surface area contributed by atoms with Gasteiger partial charge in [0.25, 0.3) is 5.91 Å². The first-order valence-electron chi connectivity index (χ1n) is 6.37. The Balaban J connectivity index is 2.31. The summed E-state index contributed by atoms with van der Waals surface area (Å²) in [5.74, 6) is -0.715. The van der Waals surface area contributed by atoms with E-state index in [9.17, 15) is 14.4 Å². The van der Waals surface area contributed by atoms with Crippen molar-refractivity contribution in [1.29, 1.82) is 0 Å². The number of rotatable bonds is 6. The summed E-state index contributed by atoms with van der Waals surface area (Å²) in [5.41, 5.74) is 5.84. The summed E-state index contributed by atoms with van der Waals surface area (Å²) in [7, 11) is 0. The molecule has 1 aromatic rings. The molecule has 21 heavy (non-hydrogen) atoms. The number of ether oxygens (including phenoxy) is 2. The first-order valence-corrected chi connectivity index (χ1v) is 6.37. The number of aryl methyl sites for hydroxylation is 1. The number of primary amides is 1. The minimum atomic E-state index is -1.09. The zero-order valence-corrected chi connectivity index (χ0v) is 11.9. The van der Waals surface area contributed by atoms with E-state index in [0.29, 0.717) is 5.75 Å². The Bertz CT molecular complexity index is 530. The van der Waals surface area contributed by atoms with E-state index in [1.54, 1.807) is 6.07 Å². The second-order valence-corrected chi connectivity index (χ2v) is 4.40. The molecule has 0 radical (unpaired) electrons. The molecule has 0 aliphatic heterocycles. The van der Waals surface area contributed by atoms with Crippen LogP contribution in [0.3, 0.4) is 0 Å². The molecular weight excluding hydrogens is 276 g/mol. The molecule has 0 bridgehead atoms. The number of hydrogen-bond donors (Lipinski definition) is 2. The van der Waals surface area contributed by atoms with E-state index < -0.39 is 24.0 Å².